The molecule has 0 N–H and O–H groups in total. The number of fused-ring (bicyclic) bond motifs is 1. The lowest BCUT2D eigenvalue weighted by Gasteiger charge is -2.34. The van der Waals surface area contributed by atoms with Crippen LogP contribution in [0, 0.1) is 5.92 Å². The molecule has 5 rings (SSSR count). The first-order chi connectivity index (χ1) is 17.3. The van der Waals surface area contributed by atoms with Crippen LogP contribution in [-0.2, 0) is 16.6 Å². The highest BCUT2D eigenvalue weighted by Crippen LogP contribution is 2.33. The van der Waals surface area contributed by atoms with E-state index in [1.807, 2.05) is 18.2 Å². The molecule has 2 aromatic rings. The topological polar surface area (TPSA) is 88.6 Å². The lowest BCUT2D eigenvalue weighted by Crippen LogP contribution is -2.48. The van der Waals surface area contributed by atoms with Gasteiger partial charge in [-0.2, -0.15) is 4.31 Å². The van der Waals surface area contributed by atoms with Crippen LogP contribution in [-0.4, -0.2) is 81.6 Å². The fraction of sp³-hybridized carbons (Fsp3) is 0.500. The van der Waals surface area contributed by atoms with Gasteiger partial charge in [-0.15, -0.1) is 0 Å². The fourth-order valence-corrected chi connectivity index (χ4v) is 6.42. The number of hydrogen-bond acceptors (Lipinski definition) is 7. The monoisotopic (exact) mass is 515 g/mol. The molecule has 2 aromatic carbocycles. The van der Waals surface area contributed by atoms with Crippen LogP contribution >= 0.6 is 0 Å². The van der Waals surface area contributed by atoms with Gasteiger partial charge >= 0.3 is 0 Å². The summed E-state index contributed by atoms with van der Waals surface area (Å²) in [6, 6.07) is 10.5. The average Bonchev–Trinajstić information content (AvgIpc) is 3.36. The number of carbonyl (C=O) groups excluding carboxylic acids is 1. The van der Waals surface area contributed by atoms with Crippen LogP contribution in [0.3, 0.4) is 0 Å². The maximum absolute atomic E-state index is 13.5. The molecule has 36 heavy (non-hydrogen) atoms. The lowest BCUT2D eigenvalue weighted by molar-refractivity contribution is 0.0693. The van der Waals surface area contributed by atoms with Crippen molar-refractivity contribution < 1.29 is 27.4 Å². The molecule has 3 aliphatic rings. The largest absolute Gasteiger partial charge is 0.496 e. The van der Waals surface area contributed by atoms with Crippen molar-refractivity contribution in [2.24, 2.45) is 5.92 Å². The third kappa shape index (κ3) is 5.02. The minimum absolute atomic E-state index is 0.126. The summed E-state index contributed by atoms with van der Waals surface area (Å²) in [6.45, 7) is 6.47. The molecule has 1 amide bonds. The number of carbonyl (C=O) groups is 1. The van der Waals surface area contributed by atoms with Crippen LogP contribution in [0.15, 0.2) is 41.3 Å². The number of methoxy groups -OCH3 is 1. The summed E-state index contributed by atoms with van der Waals surface area (Å²) < 4.78 is 44.7. The molecule has 194 valence electrons. The summed E-state index contributed by atoms with van der Waals surface area (Å²) in [4.78, 5) is 17.4. The van der Waals surface area contributed by atoms with E-state index in [0.29, 0.717) is 63.0 Å². The molecule has 0 aliphatic carbocycles. The lowest BCUT2D eigenvalue weighted by atomic mass is 9.98. The van der Waals surface area contributed by atoms with Gasteiger partial charge in [0.2, 0.25) is 16.8 Å². The van der Waals surface area contributed by atoms with Gasteiger partial charge in [0.1, 0.15) is 5.75 Å². The maximum atomic E-state index is 13.5. The molecule has 2 fully saturated rings. The number of ether oxygens (including phenoxy) is 3. The van der Waals surface area contributed by atoms with Gasteiger partial charge in [-0.3, -0.25) is 9.69 Å². The average molecular weight is 516 g/mol. The van der Waals surface area contributed by atoms with E-state index in [-0.39, 0.29) is 17.6 Å². The molecular formula is C26H33N3O6S. The van der Waals surface area contributed by atoms with E-state index in [1.165, 1.54) is 23.5 Å². The predicted molar refractivity (Wildman–Crippen MR) is 134 cm³/mol. The van der Waals surface area contributed by atoms with Gasteiger partial charge in [0.25, 0.3) is 5.91 Å². The Morgan fingerprint density at radius 2 is 1.69 bits per heavy atom. The van der Waals surface area contributed by atoms with Gasteiger partial charge in [0.15, 0.2) is 11.5 Å². The Morgan fingerprint density at radius 3 is 2.42 bits per heavy atom. The first-order valence-electron chi connectivity index (χ1n) is 12.4. The Hall–Kier alpha value is -2.82. The summed E-state index contributed by atoms with van der Waals surface area (Å²) in [5.41, 5.74) is 1.40. The molecule has 0 radical (unpaired) electrons. The van der Waals surface area contributed by atoms with Crippen LogP contribution in [0.5, 0.6) is 17.2 Å². The summed E-state index contributed by atoms with van der Waals surface area (Å²) in [7, 11) is -2.25. The zero-order valence-corrected chi connectivity index (χ0v) is 21.6. The minimum atomic E-state index is -3.74. The smallest absolute Gasteiger partial charge is 0.257 e. The van der Waals surface area contributed by atoms with Crippen molar-refractivity contribution in [2.45, 2.75) is 31.2 Å². The second-order valence-corrected chi connectivity index (χ2v) is 11.6. The number of sulfonamides is 1. The Bertz CT molecular complexity index is 1220. The molecule has 0 atom stereocenters. The number of likely N-dealkylation sites (tertiary alicyclic amines) is 1. The number of hydrogen-bond donors (Lipinski definition) is 0. The van der Waals surface area contributed by atoms with Gasteiger partial charge < -0.3 is 19.1 Å². The van der Waals surface area contributed by atoms with Crippen molar-refractivity contribution in [2.75, 3.05) is 53.2 Å². The highest BCUT2D eigenvalue weighted by atomic mass is 32.2. The Labute approximate surface area is 212 Å². The highest BCUT2D eigenvalue weighted by molar-refractivity contribution is 7.89. The molecule has 0 bridgehead atoms. The Balaban J connectivity index is 1.26. The summed E-state index contributed by atoms with van der Waals surface area (Å²) in [5, 5.41) is 0. The molecule has 0 unspecified atom stereocenters. The van der Waals surface area contributed by atoms with E-state index in [9.17, 15) is 13.2 Å². The van der Waals surface area contributed by atoms with Crippen molar-refractivity contribution in [3.63, 3.8) is 0 Å². The SMILES string of the molecule is COc1ccc(S(=O)(=O)N2CCN(Cc3ccc4c(c3)OCO4)CC2)cc1C(=O)N1CCC(C)CC1. The van der Waals surface area contributed by atoms with Crippen LogP contribution < -0.4 is 14.2 Å². The van der Waals surface area contributed by atoms with Crippen molar-refractivity contribution in [1.82, 2.24) is 14.1 Å². The van der Waals surface area contributed by atoms with Crippen molar-refractivity contribution in [1.29, 1.82) is 0 Å². The molecule has 0 spiro atoms. The third-order valence-electron chi connectivity index (χ3n) is 7.28. The molecule has 0 aromatic heterocycles. The van der Waals surface area contributed by atoms with E-state index in [4.69, 9.17) is 14.2 Å². The molecule has 0 saturated carbocycles. The molecule has 9 nitrogen and oxygen atoms in total. The van der Waals surface area contributed by atoms with Crippen LogP contribution in [0.1, 0.15) is 35.7 Å². The predicted octanol–water partition coefficient (Wildman–Crippen LogP) is 2.80. The number of piperidine rings is 1. The van der Waals surface area contributed by atoms with Gasteiger partial charge in [-0.25, -0.2) is 8.42 Å². The standard InChI is InChI=1S/C26H33N3O6S/c1-19-7-9-28(10-8-19)26(30)22-16-21(4-6-23(22)33-2)36(31,32)29-13-11-27(12-14-29)17-20-3-5-24-25(15-20)35-18-34-24/h3-6,15-16,19H,7-14,17-18H2,1-2H3. The van der Waals surface area contributed by atoms with Gasteiger partial charge in [-0.05, 0) is 54.7 Å². The van der Waals surface area contributed by atoms with E-state index in [2.05, 4.69) is 11.8 Å². The Morgan fingerprint density at radius 1 is 0.972 bits per heavy atom. The van der Waals surface area contributed by atoms with Gasteiger partial charge in [0.05, 0.1) is 17.6 Å². The number of piperazine rings is 1. The van der Waals surface area contributed by atoms with Crippen LogP contribution in [0.25, 0.3) is 0 Å². The molecule has 3 aliphatic heterocycles. The highest BCUT2D eigenvalue weighted by Gasteiger charge is 2.31. The number of benzene rings is 2. The zero-order chi connectivity index (χ0) is 25.3. The second-order valence-electron chi connectivity index (χ2n) is 9.70. The molecular weight excluding hydrogens is 482 g/mol. The van der Waals surface area contributed by atoms with E-state index < -0.39 is 10.0 Å². The number of amides is 1. The van der Waals surface area contributed by atoms with Crippen molar-refractivity contribution in [3.05, 3.63) is 47.5 Å². The number of nitrogens with zero attached hydrogens (tertiary/aromatic N) is 3. The molecule has 3 heterocycles. The quantitative estimate of drug-likeness (QED) is 0.585. The van der Waals surface area contributed by atoms with Gasteiger partial charge in [0, 0.05) is 45.8 Å². The Kier molecular flexibility index (Phi) is 7.09. The first kappa shape index (κ1) is 24.9. The van der Waals surface area contributed by atoms with Crippen LogP contribution in [0.2, 0.25) is 0 Å². The van der Waals surface area contributed by atoms with E-state index in [1.54, 1.807) is 11.0 Å². The first-order valence-corrected chi connectivity index (χ1v) is 13.9. The number of rotatable bonds is 6. The summed E-state index contributed by atoms with van der Waals surface area (Å²) in [6.07, 6.45) is 1.89. The molecule has 10 heteroatoms. The van der Waals surface area contributed by atoms with Crippen molar-refractivity contribution >= 4 is 15.9 Å². The minimum Gasteiger partial charge on any atom is -0.496 e. The summed E-state index contributed by atoms with van der Waals surface area (Å²) in [5.74, 6) is 2.31. The van der Waals surface area contributed by atoms with Crippen LogP contribution in [0.4, 0.5) is 0 Å². The van der Waals surface area contributed by atoms with E-state index in [0.717, 1.165) is 29.9 Å². The molecule has 2 saturated heterocycles. The van der Waals surface area contributed by atoms with E-state index >= 15 is 0 Å². The second kappa shape index (κ2) is 10.3. The van der Waals surface area contributed by atoms with Crippen molar-refractivity contribution in [3.8, 4) is 17.2 Å². The summed E-state index contributed by atoms with van der Waals surface area (Å²) >= 11 is 0. The third-order valence-corrected chi connectivity index (χ3v) is 9.18. The maximum Gasteiger partial charge on any atom is 0.257 e. The normalized spacial score (nSPS) is 19.4. The zero-order valence-electron chi connectivity index (χ0n) is 20.8. The van der Waals surface area contributed by atoms with Gasteiger partial charge in [-0.1, -0.05) is 13.0 Å². The fourth-order valence-electron chi connectivity index (χ4n) is 4.97.